The van der Waals surface area contributed by atoms with E-state index in [1.165, 1.54) is 5.56 Å². The molecule has 20 heavy (non-hydrogen) atoms. The molecule has 1 aliphatic rings. The van der Waals surface area contributed by atoms with Gasteiger partial charge < -0.3 is 11.1 Å². The molecule has 1 fully saturated rings. The van der Waals surface area contributed by atoms with E-state index in [4.69, 9.17) is 5.73 Å². The predicted molar refractivity (Wildman–Crippen MR) is 82.3 cm³/mol. The van der Waals surface area contributed by atoms with Crippen molar-refractivity contribution in [2.45, 2.75) is 46.1 Å². The van der Waals surface area contributed by atoms with Gasteiger partial charge in [0.1, 0.15) is 0 Å². The summed E-state index contributed by atoms with van der Waals surface area (Å²) in [4.78, 5) is 11.4. The van der Waals surface area contributed by atoms with Crippen LogP contribution in [0.25, 0.3) is 0 Å². The lowest BCUT2D eigenvalue weighted by Gasteiger charge is -2.53. The first-order valence-electron chi connectivity index (χ1n) is 7.33. The van der Waals surface area contributed by atoms with E-state index < -0.39 is 5.41 Å². The summed E-state index contributed by atoms with van der Waals surface area (Å²) in [6.45, 7) is 9.01. The molecule has 1 aliphatic carbocycles. The van der Waals surface area contributed by atoms with Gasteiger partial charge in [-0.3, -0.25) is 4.79 Å². The lowest BCUT2D eigenvalue weighted by Crippen LogP contribution is -2.57. The standard InChI is InChI=1S/C17H26N2O/c1-16(2,15(18)20)11-19-14-10-13(17(14,3)4)12-8-6-5-7-9-12/h5-9,13-14,19H,10-11H2,1-4H3,(H2,18,20)/t13-,14-/m1/s1. The highest BCUT2D eigenvalue weighted by Crippen LogP contribution is 2.52. The molecule has 110 valence electrons. The second-order valence-electron chi connectivity index (χ2n) is 7.20. The van der Waals surface area contributed by atoms with Crippen LogP contribution in [0.5, 0.6) is 0 Å². The van der Waals surface area contributed by atoms with Crippen LogP contribution < -0.4 is 11.1 Å². The zero-order chi connectivity index (χ0) is 15.0. The Labute approximate surface area is 121 Å². The second kappa shape index (κ2) is 5.21. The fraction of sp³-hybridized carbons (Fsp3) is 0.588. The Kier molecular flexibility index (Phi) is 3.92. The lowest BCUT2D eigenvalue weighted by molar-refractivity contribution is -0.126. The van der Waals surface area contributed by atoms with E-state index in [0.717, 1.165) is 6.42 Å². The van der Waals surface area contributed by atoms with E-state index in [2.05, 4.69) is 49.5 Å². The van der Waals surface area contributed by atoms with Gasteiger partial charge in [-0.2, -0.15) is 0 Å². The third kappa shape index (κ3) is 2.73. The van der Waals surface area contributed by atoms with Gasteiger partial charge in [-0.1, -0.05) is 44.2 Å². The van der Waals surface area contributed by atoms with E-state index in [1.807, 2.05) is 13.8 Å². The Morgan fingerprint density at radius 3 is 2.45 bits per heavy atom. The molecule has 0 aliphatic heterocycles. The Bertz CT molecular complexity index is 479. The number of carbonyl (C=O) groups excluding carboxylic acids is 1. The normalized spacial score (nSPS) is 25.0. The molecule has 3 heteroatoms. The van der Waals surface area contributed by atoms with Gasteiger partial charge in [0.25, 0.3) is 0 Å². The summed E-state index contributed by atoms with van der Waals surface area (Å²) in [6, 6.07) is 11.1. The van der Waals surface area contributed by atoms with E-state index in [1.54, 1.807) is 0 Å². The minimum absolute atomic E-state index is 0.203. The molecule has 1 aromatic rings. The molecule has 0 radical (unpaired) electrons. The van der Waals surface area contributed by atoms with Crippen LogP contribution in [-0.4, -0.2) is 18.5 Å². The lowest BCUT2D eigenvalue weighted by atomic mass is 9.56. The van der Waals surface area contributed by atoms with Gasteiger partial charge in [0.05, 0.1) is 5.41 Å². The van der Waals surface area contributed by atoms with Gasteiger partial charge in [-0.25, -0.2) is 0 Å². The fourth-order valence-electron chi connectivity index (χ4n) is 2.99. The first-order valence-corrected chi connectivity index (χ1v) is 7.33. The number of primary amides is 1. The summed E-state index contributed by atoms with van der Waals surface area (Å²) >= 11 is 0. The average molecular weight is 274 g/mol. The molecule has 1 saturated carbocycles. The Balaban J connectivity index is 1.97. The van der Waals surface area contributed by atoms with Gasteiger partial charge in [0.2, 0.25) is 5.91 Å². The van der Waals surface area contributed by atoms with Gasteiger partial charge >= 0.3 is 0 Å². The molecule has 3 nitrogen and oxygen atoms in total. The first-order chi connectivity index (χ1) is 9.25. The summed E-state index contributed by atoms with van der Waals surface area (Å²) in [5, 5.41) is 3.53. The number of nitrogens with two attached hydrogens (primary N) is 1. The maximum absolute atomic E-state index is 11.4. The highest BCUT2D eigenvalue weighted by molar-refractivity contribution is 5.80. The number of hydrogen-bond acceptors (Lipinski definition) is 2. The zero-order valence-corrected chi connectivity index (χ0v) is 12.9. The number of benzene rings is 1. The van der Waals surface area contributed by atoms with Crippen molar-refractivity contribution in [1.82, 2.24) is 5.32 Å². The highest BCUT2D eigenvalue weighted by atomic mass is 16.1. The van der Waals surface area contributed by atoms with Crippen LogP contribution in [0.4, 0.5) is 0 Å². The van der Waals surface area contributed by atoms with Crippen LogP contribution in [0.2, 0.25) is 0 Å². The van der Waals surface area contributed by atoms with Gasteiger partial charge in [-0.05, 0) is 37.2 Å². The quantitative estimate of drug-likeness (QED) is 0.867. The number of rotatable bonds is 5. The fourth-order valence-corrected chi connectivity index (χ4v) is 2.99. The minimum atomic E-state index is -0.492. The third-order valence-corrected chi connectivity index (χ3v) is 4.93. The maximum atomic E-state index is 11.4. The van der Waals surface area contributed by atoms with Crippen molar-refractivity contribution < 1.29 is 4.79 Å². The summed E-state index contributed by atoms with van der Waals surface area (Å²) in [5.74, 6) is 0.333. The molecular weight excluding hydrogens is 248 g/mol. The predicted octanol–water partition coefficient (Wildman–Crippen LogP) is 2.67. The molecule has 0 bridgehead atoms. The Morgan fingerprint density at radius 1 is 1.35 bits per heavy atom. The molecule has 3 N–H and O–H groups in total. The smallest absolute Gasteiger partial charge is 0.224 e. The molecule has 1 amide bonds. The number of nitrogens with one attached hydrogen (secondary N) is 1. The monoisotopic (exact) mass is 274 g/mol. The number of hydrogen-bond donors (Lipinski definition) is 2. The first kappa shape index (κ1) is 15.0. The van der Waals surface area contributed by atoms with Crippen molar-refractivity contribution >= 4 is 5.91 Å². The summed E-state index contributed by atoms with van der Waals surface area (Å²) in [7, 11) is 0. The van der Waals surface area contributed by atoms with E-state index >= 15 is 0 Å². The SMILES string of the molecule is CC(C)(CN[C@@H]1C[C@H](c2ccccc2)C1(C)C)C(N)=O. The van der Waals surface area contributed by atoms with Crippen LogP contribution >= 0.6 is 0 Å². The minimum Gasteiger partial charge on any atom is -0.369 e. The Morgan fingerprint density at radius 2 is 1.95 bits per heavy atom. The van der Waals surface area contributed by atoms with Gasteiger partial charge in [0, 0.05) is 12.6 Å². The molecule has 1 aromatic carbocycles. The van der Waals surface area contributed by atoms with Crippen LogP contribution in [0.3, 0.4) is 0 Å². The van der Waals surface area contributed by atoms with E-state index in [9.17, 15) is 4.79 Å². The van der Waals surface area contributed by atoms with Crippen molar-refractivity contribution in [2.24, 2.45) is 16.6 Å². The molecule has 2 atom stereocenters. The average Bonchev–Trinajstić information content (AvgIpc) is 2.38. The molecule has 0 heterocycles. The summed E-state index contributed by atoms with van der Waals surface area (Å²) in [5.41, 5.74) is 6.54. The van der Waals surface area contributed by atoms with Gasteiger partial charge in [0.15, 0.2) is 0 Å². The molecule has 0 saturated heterocycles. The van der Waals surface area contributed by atoms with E-state index in [-0.39, 0.29) is 11.3 Å². The summed E-state index contributed by atoms with van der Waals surface area (Å²) in [6.07, 6.45) is 1.12. The molecule has 0 spiro atoms. The van der Waals surface area contributed by atoms with Crippen molar-refractivity contribution in [3.05, 3.63) is 35.9 Å². The highest BCUT2D eigenvalue weighted by Gasteiger charge is 2.48. The molecular formula is C17H26N2O. The maximum Gasteiger partial charge on any atom is 0.224 e. The molecule has 2 rings (SSSR count). The van der Waals surface area contributed by atoms with Crippen LogP contribution in [0, 0.1) is 10.8 Å². The van der Waals surface area contributed by atoms with Gasteiger partial charge in [-0.15, -0.1) is 0 Å². The number of amides is 1. The van der Waals surface area contributed by atoms with Crippen molar-refractivity contribution in [2.75, 3.05) is 6.54 Å². The van der Waals surface area contributed by atoms with Crippen LogP contribution in [0.15, 0.2) is 30.3 Å². The third-order valence-electron chi connectivity index (χ3n) is 4.93. The zero-order valence-electron chi connectivity index (χ0n) is 12.9. The summed E-state index contributed by atoms with van der Waals surface area (Å²) < 4.78 is 0. The van der Waals surface area contributed by atoms with E-state index in [0.29, 0.717) is 18.5 Å². The topological polar surface area (TPSA) is 55.1 Å². The van der Waals surface area contributed by atoms with Crippen LogP contribution in [0.1, 0.15) is 45.6 Å². The van der Waals surface area contributed by atoms with Crippen molar-refractivity contribution in [3.8, 4) is 0 Å². The van der Waals surface area contributed by atoms with Crippen LogP contribution in [-0.2, 0) is 4.79 Å². The van der Waals surface area contributed by atoms with Crippen molar-refractivity contribution in [1.29, 1.82) is 0 Å². The molecule has 0 unspecified atom stereocenters. The molecule has 0 aromatic heterocycles. The number of carbonyl (C=O) groups is 1. The second-order valence-corrected chi connectivity index (χ2v) is 7.20. The van der Waals surface area contributed by atoms with Crippen molar-refractivity contribution in [3.63, 3.8) is 0 Å². The Hall–Kier alpha value is -1.35. The largest absolute Gasteiger partial charge is 0.369 e.